The molecule has 1 aromatic carbocycles. The van der Waals surface area contributed by atoms with Gasteiger partial charge in [-0.3, -0.25) is 14.4 Å². The van der Waals surface area contributed by atoms with E-state index in [4.69, 9.17) is 15.3 Å². The number of carboxylic acid groups (broad SMARTS) is 3. The number of aliphatic carboxylic acids is 3. The van der Waals surface area contributed by atoms with E-state index in [9.17, 15) is 14.4 Å². The van der Waals surface area contributed by atoms with Gasteiger partial charge in [0.15, 0.2) is 0 Å². The molecule has 9 heteroatoms. The van der Waals surface area contributed by atoms with E-state index in [-0.39, 0.29) is 16.7 Å². The average Bonchev–Trinajstić information content (AvgIpc) is 2.43. The van der Waals surface area contributed by atoms with Crippen LogP contribution >= 0.6 is 37.9 Å². The van der Waals surface area contributed by atoms with Gasteiger partial charge >= 0.3 is 17.9 Å². The molecule has 0 saturated carbocycles. The quantitative estimate of drug-likeness (QED) is 0.438. The van der Waals surface area contributed by atoms with E-state index < -0.39 is 33.7 Å². The summed E-state index contributed by atoms with van der Waals surface area (Å²) in [6.07, 6.45) is 0. The topological polar surface area (TPSA) is 112 Å². The van der Waals surface area contributed by atoms with Crippen LogP contribution in [0.5, 0.6) is 0 Å². The summed E-state index contributed by atoms with van der Waals surface area (Å²) in [5, 5.41) is 23.3. The predicted molar refractivity (Wildman–Crippen MR) is 84.5 cm³/mol. The fraction of sp³-hybridized carbons (Fsp3) is 0.250. The summed E-state index contributed by atoms with van der Waals surface area (Å²) in [7, 11) is 0. The van der Waals surface area contributed by atoms with Gasteiger partial charge in [0.1, 0.15) is 15.7 Å². The van der Waals surface area contributed by atoms with Gasteiger partial charge in [-0.15, -0.1) is 0 Å². The monoisotopic (exact) mass is 348 g/mol. The van der Waals surface area contributed by atoms with Crippen LogP contribution in [0.15, 0.2) is 18.2 Å². The number of carboxylic acids is 3. The van der Waals surface area contributed by atoms with Gasteiger partial charge in [-0.2, -0.15) is 37.9 Å². The Labute approximate surface area is 136 Å². The molecular formula is C12H12O6S3. The van der Waals surface area contributed by atoms with Crippen molar-refractivity contribution in [1.29, 1.82) is 0 Å². The summed E-state index contributed by atoms with van der Waals surface area (Å²) < 4.78 is 0. The van der Waals surface area contributed by atoms with Crippen molar-refractivity contribution in [3.8, 4) is 0 Å². The first-order valence-corrected chi connectivity index (χ1v) is 7.07. The molecule has 114 valence electrons. The van der Waals surface area contributed by atoms with Gasteiger partial charge in [0, 0.05) is 0 Å². The van der Waals surface area contributed by atoms with E-state index in [1.54, 1.807) is 0 Å². The Balaban J connectivity index is 3.42. The Hall–Kier alpha value is -1.32. The zero-order valence-electron chi connectivity index (χ0n) is 10.4. The molecule has 3 atom stereocenters. The molecule has 0 spiro atoms. The van der Waals surface area contributed by atoms with Crippen molar-refractivity contribution in [3.63, 3.8) is 0 Å². The molecule has 0 aliphatic carbocycles. The third-order valence-corrected chi connectivity index (χ3v) is 4.21. The molecule has 0 saturated heterocycles. The van der Waals surface area contributed by atoms with Gasteiger partial charge in [0.2, 0.25) is 0 Å². The van der Waals surface area contributed by atoms with Crippen molar-refractivity contribution in [2.24, 2.45) is 0 Å². The lowest BCUT2D eigenvalue weighted by atomic mass is 9.99. The maximum Gasteiger partial charge on any atom is 0.320 e. The highest BCUT2D eigenvalue weighted by molar-refractivity contribution is 7.81. The summed E-state index contributed by atoms with van der Waals surface area (Å²) >= 11 is 11.7. The van der Waals surface area contributed by atoms with Gasteiger partial charge in [-0.05, 0) is 16.7 Å². The molecule has 3 unspecified atom stereocenters. The Bertz CT molecular complexity index is 495. The second kappa shape index (κ2) is 7.10. The molecule has 1 aromatic rings. The number of benzene rings is 1. The standard InChI is InChI=1S/C12H12O6S3/c13-10(14)7(19)4-1-5(8(20)11(15)16)3-6(2-4)9(21)12(17)18/h1-3,7-9,19-21H,(H,13,14)(H,15,16)(H,17,18). The van der Waals surface area contributed by atoms with Crippen LogP contribution in [0.4, 0.5) is 0 Å². The van der Waals surface area contributed by atoms with Gasteiger partial charge < -0.3 is 15.3 Å². The fourth-order valence-electron chi connectivity index (χ4n) is 1.60. The second-order valence-corrected chi connectivity index (χ2v) is 5.70. The minimum absolute atomic E-state index is 0.166. The van der Waals surface area contributed by atoms with E-state index >= 15 is 0 Å². The van der Waals surface area contributed by atoms with Crippen LogP contribution in [0, 0.1) is 0 Å². The molecule has 6 nitrogen and oxygen atoms in total. The van der Waals surface area contributed by atoms with E-state index in [0.717, 1.165) is 0 Å². The summed E-state index contributed by atoms with van der Waals surface area (Å²) in [5.74, 6) is -3.71. The van der Waals surface area contributed by atoms with Crippen molar-refractivity contribution >= 4 is 55.8 Å². The highest BCUT2D eigenvalue weighted by Crippen LogP contribution is 2.32. The molecule has 0 radical (unpaired) electrons. The number of carbonyl (C=O) groups is 3. The largest absolute Gasteiger partial charge is 0.480 e. The first kappa shape index (κ1) is 17.7. The number of rotatable bonds is 6. The number of hydrogen-bond acceptors (Lipinski definition) is 6. The average molecular weight is 348 g/mol. The molecule has 0 aliphatic heterocycles. The number of hydrogen-bond donors (Lipinski definition) is 6. The highest BCUT2D eigenvalue weighted by atomic mass is 32.1. The smallest absolute Gasteiger partial charge is 0.320 e. The van der Waals surface area contributed by atoms with Crippen molar-refractivity contribution in [3.05, 3.63) is 34.9 Å². The number of thiol groups is 3. The van der Waals surface area contributed by atoms with Crippen molar-refractivity contribution < 1.29 is 29.7 Å². The van der Waals surface area contributed by atoms with Crippen LogP contribution in [-0.4, -0.2) is 33.2 Å². The van der Waals surface area contributed by atoms with Gasteiger partial charge in [-0.1, -0.05) is 18.2 Å². The van der Waals surface area contributed by atoms with E-state index in [1.807, 2.05) is 0 Å². The van der Waals surface area contributed by atoms with Crippen LogP contribution in [0.2, 0.25) is 0 Å². The summed E-state index contributed by atoms with van der Waals surface area (Å²) in [6.45, 7) is 0. The third-order valence-electron chi connectivity index (χ3n) is 2.65. The Kier molecular flexibility index (Phi) is 5.99. The van der Waals surface area contributed by atoms with Gasteiger partial charge in [0.25, 0.3) is 0 Å². The second-order valence-electron chi connectivity index (χ2n) is 4.16. The summed E-state index contributed by atoms with van der Waals surface area (Å²) in [5.41, 5.74) is 0.497. The maximum absolute atomic E-state index is 11.0. The fourth-order valence-corrected chi connectivity index (χ4v) is 2.05. The summed E-state index contributed by atoms with van der Waals surface area (Å²) in [4.78, 5) is 32.9. The van der Waals surface area contributed by atoms with E-state index in [1.165, 1.54) is 18.2 Å². The Morgan fingerprint density at radius 1 is 0.667 bits per heavy atom. The zero-order chi connectivity index (χ0) is 16.3. The van der Waals surface area contributed by atoms with Crippen LogP contribution in [0.25, 0.3) is 0 Å². The zero-order valence-corrected chi connectivity index (χ0v) is 13.1. The molecular weight excluding hydrogens is 336 g/mol. The molecule has 0 bridgehead atoms. The molecule has 1 rings (SSSR count). The van der Waals surface area contributed by atoms with Gasteiger partial charge in [-0.25, -0.2) is 0 Å². The molecule has 0 amide bonds. The highest BCUT2D eigenvalue weighted by Gasteiger charge is 2.24. The molecule has 0 heterocycles. The van der Waals surface area contributed by atoms with Crippen LogP contribution < -0.4 is 0 Å². The Morgan fingerprint density at radius 2 is 0.857 bits per heavy atom. The van der Waals surface area contributed by atoms with E-state index in [2.05, 4.69) is 37.9 Å². The van der Waals surface area contributed by atoms with Crippen molar-refractivity contribution in [2.45, 2.75) is 15.7 Å². The molecule has 0 aromatic heterocycles. The minimum Gasteiger partial charge on any atom is -0.480 e. The maximum atomic E-state index is 11.0. The van der Waals surface area contributed by atoms with Crippen molar-refractivity contribution in [1.82, 2.24) is 0 Å². The SMILES string of the molecule is O=C(O)C(S)c1cc(C(S)C(=O)O)cc(C(S)C(=O)O)c1. The van der Waals surface area contributed by atoms with Crippen LogP contribution in [0.3, 0.4) is 0 Å². The van der Waals surface area contributed by atoms with Crippen LogP contribution in [-0.2, 0) is 14.4 Å². The molecule has 3 N–H and O–H groups in total. The normalized spacial score (nSPS) is 15.0. The van der Waals surface area contributed by atoms with E-state index in [0.29, 0.717) is 0 Å². The first-order chi connectivity index (χ1) is 9.65. The Morgan fingerprint density at radius 3 is 1.00 bits per heavy atom. The van der Waals surface area contributed by atoms with Crippen molar-refractivity contribution in [2.75, 3.05) is 0 Å². The summed E-state index contributed by atoms with van der Waals surface area (Å²) in [6, 6.07) is 3.97. The first-order valence-electron chi connectivity index (χ1n) is 5.52. The molecule has 0 fully saturated rings. The lowest BCUT2D eigenvalue weighted by Crippen LogP contribution is -2.12. The predicted octanol–water partition coefficient (Wildman–Crippen LogP) is 1.85. The lowest BCUT2D eigenvalue weighted by Gasteiger charge is -2.15. The third kappa shape index (κ3) is 4.32. The molecule has 21 heavy (non-hydrogen) atoms. The molecule has 0 aliphatic rings. The van der Waals surface area contributed by atoms with Crippen LogP contribution in [0.1, 0.15) is 32.4 Å². The lowest BCUT2D eigenvalue weighted by molar-refractivity contribution is -0.137. The minimum atomic E-state index is -1.24. The van der Waals surface area contributed by atoms with Gasteiger partial charge in [0.05, 0.1) is 0 Å².